The Morgan fingerprint density at radius 1 is 0.880 bits per heavy atom. The van der Waals surface area contributed by atoms with Gasteiger partial charge in [-0.1, -0.05) is 47.5 Å². The Labute approximate surface area is 159 Å². The van der Waals surface area contributed by atoms with Gasteiger partial charge < -0.3 is 4.90 Å². The smallest absolute Gasteiger partial charge is 0.244 e. The topological polar surface area (TPSA) is 40.6 Å². The third kappa shape index (κ3) is 4.54. The lowest BCUT2D eigenvalue weighted by atomic mass is 10.1. The van der Waals surface area contributed by atoms with Gasteiger partial charge in [0.25, 0.3) is 0 Å². The van der Waals surface area contributed by atoms with E-state index in [1.807, 2.05) is 24.3 Å². The van der Waals surface area contributed by atoms with Crippen LogP contribution < -0.4 is 0 Å². The van der Waals surface area contributed by atoms with E-state index in [9.17, 15) is 8.42 Å². The van der Waals surface area contributed by atoms with Crippen molar-refractivity contribution >= 4 is 33.2 Å². The van der Waals surface area contributed by atoms with Crippen LogP contribution in [0, 0.1) is 0 Å². The molecule has 2 aromatic carbocycles. The van der Waals surface area contributed by atoms with Gasteiger partial charge in [0.15, 0.2) is 0 Å². The second kappa shape index (κ2) is 8.06. The van der Waals surface area contributed by atoms with Crippen LogP contribution in [0.2, 0.25) is 10.0 Å². The SMILES string of the molecule is O=S(=O)(c1ccccc1Cl)N1CCN(CCc2ccc(Cl)cc2)CC1. The van der Waals surface area contributed by atoms with Crippen molar-refractivity contribution in [3.63, 3.8) is 0 Å². The van der Waals surface area contributed by atoms with Gasteiger partial charge in [-0.3, -0.25) is 0 Å². The van der Waals surface area contributed by atoms with Crippen molar-refractivity contribution in [2.45, 2.75) is 11.3 Å². The first-order valence-corrected chi connectivity index (χ1v) is 10.4. The first kappa shape index (κ1) is 18.7. The minimum absolute atomic E-state index is 0.186. The van der Waals surface area contributed by atoms with Crippen molar-refractivity contribution in [3.8, 4) is 0 Å². The Morgan fingerprint density at radius 3 is 2.16 bits per heavy atom. The summed E-state index contributed by atoms with van der Waals surface area (Å²) < 4.78 is 27.0. The lowest BCUT2D eigenvalue weighted by molar-refractivity contribution is 0.190. The summed E-state index contributed by atoms with van der Waals surface area (Å²) in [5.74, 6) is 0. The molecule has 2 aromatic rings. The molecule has 1 fully saturated rings. The zero-order valence-electron chi connectivity index (χ0n) is 13.7. The van der Waals surface area contributed by atoms with Crippen molar-refractivity contribution in [2.75, 3.05) is 32.7 Å². The Balaban J connectivity index is 1.56. The molecule has 7 heteroatoms. The van der Waals surface area contributed by atoms with Crippen molar-refractivity contribution in [1.29, 1.82) is 0 Å². The second-order valence-corrected chi connectivity index (χ2v) is 8.80. The maximum absolute atomic E-state index is 12.7. The summed E-state index contributed by atoms with van der Waals surface area (Å²) in [7, 11) is -3.53. The number of nitrogens with zero attached hydrogens (tertiary/aromatic N) is 2. The largest absolute Gasteiger partial charge is 0.300 e. The molecule has 1 aliphatic heterocycles. The monoisotopic (exact) mass is 398 g/mol. The minimum Gasteiger partial charge on any atom is -0.300 e. The van der Waals surface area contributed by atoms with Crippen molar-refractivity contribution in [2.24, 2.45) is 0 Å². The molecule has 0 radical (unpaired) electrons. The molecule has 0 saturated carbocycles. The molecule has 0 N–H and O–H groups in total. The Kier molecular flexibility index (Phi) is 6.02. The fourth-order valence-electron chi connectivity index (χ4n) is 2.92. The highest BCUT2D eigenvalue weighted by atomic mass is 35.5. The number of piperazine rings is 1. The predicted octanol–water partition coefficient (Wildman–Crippen LogP) is 3.54. The molecule has 1 heterocycles. The predicted molar refractivity (Wildman–Crippen MR) is 102 cm³/mol. The van der Waals surface area contributed by atoms with Crippen LogP contribution in [-0.2, 0) is 16.4 Å². The van der Waals surface area contributed by atoms with Gasteiger partial charge in [-0.2, -0.15) is 4.31 Å². The molecule has 0 atom stereocenters. The number of rotatable bonds is 5. The van der Waals surface area contributed by atoms with Gasteiger partial charge in [-0.25, -0.2) is 8.42 Å². The summed E-state index contributed by atoms with van der Waals surface area (Å²) in [5, 5.41) is 1.01. The molecule has 0 spiro atoms. The summed E-state index contributed by atoms with van der Waals surface area (Å²) in [6, 6.07) is 14.4. The minimum atomic E-state index is -3.53. The molecular weight excluding hydrogens is 379 g/mol. The van der Waals surface area contributed by atoms with Crippen LogP contribution in [0.15, 0.2) is 53.4 Å². The van der Waals surface area contributed by atoms with E-state index < -0.39 is 10.0 Å². The highest BCUT2D eigenvalue weighted by molar-refractivity contribution is 7.89. The van der Waals surface area contributed by atoms with Crippen molar-refractivity contribution in [1.82, 2.24) is 9.21 Å². The number of hydrogen-bond acceptors (Lipinski definition) is 3. The summed E-state index contributed by atoms with van der Waals surface area (Å²) in [6.07, 6.45) is 0.925. The molecule has 4 nitrogen and oxygen atoms in total. The van der Waals surface area contributed by atoms with Gasteiger partial charge in [0.05, 0.1) is 5.02 Å². The van der Waals surface area contributed by atoms with Crippen LogP contribution in [0.5, 0.6) is 0 Å². The first-order valence-electron chi connectivity index (χ1n) is 8.18. The van der Waals surface area contributed by atoms with E-state index in [1.165, 1.54) is 9.87 Å². The zero-order chi connectivity index (χ0) is 17.9. The van der Waals surface area contributed by atoms with E-state index in [4.69, 9.17) is 23.2 Å². The molecule has 1 saturated heterocycles. The molecule has 0 aliphatic carbocycles. The van der Waals surface area contributed by atoms with E-state index in [0.29, 0.717) is 13.1 Å². The molecule has 0 bridgehead atoms. The molecule has 1 aliphatic rings. The highest BCUT2D eigenvalue weighted by Crippen LogP contribution is 2.25. The fraction of sp³-hybridized carbons (Fsp3) is 0.333. The number of benzene rings is 2. The molecular formula is C18H20Cl2N2O2S. The molecule has 3 rings (SSSR count). The van der Waals surface area contributed by atoms with E-state index >= 15 is 0 Å². The van der Waals surface area contributed by atoms with Gasteiger partial charge in [-0.15, -0.1) is 0 Å². The molecule has 0 aromatic heterocycles. The highest BCUT2D eigenvalue weighted by Gasteiger charge is 2.29. The van der Waals surface area contributed by atoms with E-state index in [-0.39, 0.29) is 9.92 Å². The van der Waals surface area contributed by atoms with E-state index in [0.717, 1.165) is 31.1 Å². The Morgan fingerprint density at radius 2 is 1.52 bits per heavy atom. The Bertz CT molecular complexity index is 817. The first-order chi connectivity index (χ1) is 12.0. The summed E-state index contributed by atoms with van der Waals surface area (Å²) in [4.78, 5) is 2.47. The van der Waals surface area contributed by atoms with Crippen LogP contribution in [-0.4, -0.2) is 50.3 Å². The van der Waals surface area contributed by atoms with E-state index in [1.54, 1.807) is 24.3 Å². The lowest BCUT2D eigenvalue weighted by Crippen LogP contribution is -2.49. The van der Waals surface area contributed by atoms with Gasteiger partial charge >= 0.3 is 0 Å². The normalized spacial score (nSPS) is 16.9. The van der Waals surface area contributed by atoms with Crippen LogP contribution in [0.1, 0.15) is 5.56 Å². The van der Waals surface area contributed by atoms with Crippen molar-refractivity contribution in [3.05, 3.63) is 64.1 Å². The maximum Gasteiger partial charge on any atom is 0.244 e. The van der Waals surface area contributed by atoms with Gasteiger partial charge in [0, 0.05) is 37.7 Å². The fourth-order valence-corrected chi connectivity index (χ4v) is 4.97. The maximum atomic E-state index is 12.7. The third-order valence-corrected chi connectivity index (χ3v) is 7.07. The van der Waals surface area contributed by atoms with Crippen LogP contribution in [0.3, 0.4) is 0 Å². The summed E-state index contributed by atoms with van der Waals surface area (Å²) in [6.45, 7) is 3.30. The standard InChI is InChI=1S/C18H20Cl2N2O2S/c19-16-7-5-15(6-8-16)9-10-21-11-13-22(14-12-21)25(23,24)18-4-2-1-3-17(18)20/h1-8H,9-14H2. The molecule has 0 amide bonds. The van der Waals surface area contributed by atoms with Gasteiger partial charge in [0.2, 0.25) is 10.0 Å². The van der Waals surface area contributed by atoms with Crippen LogP contribution in [0.4, 0.5) is 0 Å². The summed E-state index contributed by atoms with van der Waals surface area (Å²) >= 11 is 12.0. The lowest BCUT2D eigenvalue weighted by Gasteiger charge is -2.34. The quantitative estimate of drug-likeness (QED) is 0.772. The number of sulfonamides is 1. The summed E-state index contributed by atoms with van der Waals surface area (Å²) in [5.41, 5.74) is 1.23. The molecule has 0 unspecified atom stereocenters. The molecule has 25 heavy (non-hydrogen) atoms. The van der Waals surface area contributed by atoms with E-state index in [2.05, 4.69) is 4.90 Å². The second-order valence-electron chi connectivity index (χ2n) is 6.05. The average molecular weight is 399 g/mol. The van der Waals surface area contributed by atoms with Crippen LogP contribution >= 0.6 is 23.2 Å². The zero-order valence-corrected chi connectivity index (χ0v) is 16.1. The van der Waals surface area contributed by atoms with Crippen molar-refractivity contribution < 1.29 is 8.42 Å². The van der Waals surface area contributed by atoms with Gasteiger partial charge in [-0.05, 0) is 36.2 Å². The third-order valence-electron chi connectivity index (χ3n) is 4.42. The number of hydrogen-bond donors (Lipinski definition) is 0. The number of halogens is 2. The van der Waals surface area contributed by atoms with Crippen LogP contribution in [0.25, 0.3) is 0 Å². The van der Waals surface area contributed by atoms with Gasteiger partial charge in [0.1, 0.15) is 4.90 Å². The Hall–Kier alpha value is -1.11. The molecule has 134 valence electrons. The average Bonchev–Trinajstić information content (AvgIpc) is 2.62.